The van der Waals surface area contributed by atoms with E-state index in [9.17, 15) is 4.79 Å². The summed E-state index contributed by atoms with van der Waals surface area (Å²) in [6.07, 6.45) is 0.613. The molecule has 134 valence electrons. The Morgan fingerprint density at radius 3 is 2.73 bits per heavy atom. The van der Waals surface area contributed by atoms with Gasteiger partial charge in [0.25, 0.3) is 0 Å². The summed E-state index contributed by atoms with van der Waals surface area (Å²) >= 11 is 5.98. The number of halogens is 1. The van der Waals surface area contributed by atoms with E-state index in [4.69, 9.17) is 16.3 Å². The highest BCUT2D eigenvalue weighted by atomic mass is 35.5. The maximum atomic E-state index is 12.4. The van der Waals surface area contributed by atoms with Crippen molar-refractivity contribution in [3.63, 3.8) is 0 Å². The molecule has 0 saturated heterocycles. The number of amides is 1. The zero-order valence-corrected chi connectivity index (χ0v) is 15.2. The van der Waals surface area contributed by atoms with E-state index in [0.29, 0.717) is 17.3 Å². The van der Waals surface area contributed by atoms with E-state index < -0.39 is 0 Å². The third-order valence-electron chi connectivity index (χ3n) is 3.97. The molecule has 0 bridgehead atoms. The van der Waals surface area contributed by atoms with Crippen molar-refractivity contribution in [1.82, 2.24) is 15.2 Å². The molecule has 0 fully saturated rings. The first kappa shape index (κ1) is 17.9. The monoisotopic (exact) mass is 370 g/mol. The Morgan fingerprint density at radius 2 is 2.04 bits per heavy atom. The van der Waals surface area contributed by atoms with E-state index in [1.54, 1.807) is 19.2 Å². The lowest BCUT2D eigenvalue weighted by Gasteiger charge is -2.10. The number of nitrogens with zero attached hydrogens (tertiary/aromatic N) is 2. The van der Waals surface area contributed by atoms with E-state index in [2.05, 4.69) is 20.5 Å². The van der Waals surface area contributed by atoms with Crippen LogP contribution in [0.3, 0.4) is 0 Å². The first-order valence-electron chi connectivity index (χ1n) is 8.17. The Balaban J connectivity index is 1.62. The molecular weight excluding hydrogens is 352 g/mol. The van der Waals surface area contributed by atoms with Crippen LogP contribution in [0.4, 0.5) is 5.95 Å². The van der Waals surface area contributed by atoms with Crippen molar-refractivity contribution in [2.24, 2.45) is 5.92 Å². The SMILES string of the molecule is COc1ccc(CC(C)C(=O)Nc2n[nH]c(-c3cccc(Cl)c3)n2)cc1. The van der Waals surface area contributed by atoms with Gasteiger partial charge in [-0.2, -0.15) is 4.98 Å². The fourth-order valence-corrected chi connectivity index (χ4v) is 2.71. The van der Waals surface area contributed by atoms with Crippen molar-refractivity contribution in [3.8, 4) is 17.1 Å². The minimum Gasteiger partial charge on any atom is -0.497 e. The van der Waals surface area contributed by atoms with Crippen molar-refractivity contribution < 1.29 is 9.53 Å². The van der Waals surface area contributed by atoms with Crippen molar-refractivity contribution in [2.45, 2.75) is 13.3 Å². The molecular formula is C19H19ClN4O2. The number of anilines is 1. The number of H-pyrrole nitrogens is 1. The smallest absolute Gasteiger partial charge is 0.249 e. The molecule has 3 aromatic rings. The van der Waals surface area contributed by atoms with Crippen LogP contribution in [0.15, 0.2) is 48.5 Å². The molecule has 0 spiro atoms. The van der Waals surface area contributed by atoms with E-state index in [0.717, 1.165) is 16.9 Å². The molecule has 0 aliphatic rings. The molecule has 0 saturated carbocycles. The number of nitrogens with one attached hydrogen (secondary N) is 2. The normalized spacial score (nSPS) is 11.8. The van der Waals surface area contributed by atoms with Crippen molar-refractivity contribution in [3.05, 3.63) is 59.1 Å². The van der Waals surface area contributed by atoms with Gasteiger partial charge in [-0.15, -0.1) is 5.10 Å². The summed E-state index contributed by atoms with van der Waals surface area (Å²) in [6.45, 7) is 1.87. The molecule has 7 heteroatoms. The van der Waals surface area contributed by atoms with E-state index in [-0.39, 0.29) is 17.8 Å². The average molecular weight is 371 g/mol. The van der Waals surface area contributed by atoms with E-state index >= 15 is 0 Å². The maximum Gasteiger partial charge on any atom is 0.249 e. The zero-order valence-electron chi connectivity index (χ0n) is 14.5. The molecule has 0 aliphatic carbocycles. The van der Waals surface area contributed by atoms with E-state index in [1.807, 2.05) is 43.3 Å². The molecule has 1 atom stereocenters. The van der Waals surface area contributed by atoms with Crippen LogP contribution in [-0.4, -0.2) is 28.2 Å². The van der Waals surface area contributed by atoms with Gasteiger partial charge in [0.2, 0.25) is 11.9 Å². The summed E-state index contributed by atoms with van der Waals surface area (Å²) < 4.78 is 5.14. The second-order valence-corrected chi connectivity index (χ2v) is 6.40. The summed E-state index contributed by atoms with van der Waals surface area (Å²) in [5.41, 5.74) is 1.86. The molecule has 1 aromatic heterocycles. The number of carbonyl (C=O) groups excluding carboxylic acids is 1. The zero-order chi connectivity index (χ0) is 18.5. The first-order valence-corrected chi connectivity index (χ1v) is 8.55. The van der Waals surface area contributed by atoms with Crippen LogP contribution in [0.1, 0.15) is 12.5 Å². The lowest BCUT2D eigenvalue weighted by atomic mass is 10.0. The molecule has 6 nitrogen and oxygen atoms in total. The third kappa shape index (κ3) is 4.40. The molecule has 1 heterocycles. The quantitative estimate of drug-likeness (QED) is 0.688. The van der Waals surface area contributed by atoms with Crippen LogP contribution in [-0.2, 0) is 11.2 Å². The van der Waals surface area contributed by atoms with Crippen LogP contribution in [0.2, 0.25) is 5.02 Å². The van der Waals surface area contributed by atoms with Gasteiger partial charge in [-0.3, -0.25) is 15.2 Å². The second-order valence-electron chi connectivity index (χ2n) is 5.96. The number of hydrogen-bond donors (Lipinski definition) is 2. The Hall–Kier alpha value is -2.86. The molecule has 1 unspecified atom stereocenters. The van der Waals surface area contributed by atoms with Crippen LogP contribution >= 0.6 is 11.6 Å². The fourth-order valence-electron chi connectivity index (χ4n) is 2.52. The summed E-state index contributed by atoms with van der Waals surface area (Å²) in [6, 6.07) is 14.9. The van der Waals surface area contributed by atoms with Crippen molar-refractivity contribution in [1.29, 1.82) is 0 Å². The minimum absolute atomic E-state index is 0.141. The van der Waals surface area contributed by atoms with Crippen LogP contribution in [0.25, 0.3) is 11.4 Å². The number of aromatic nitrogens is 3. The number of carbonyl (C=O) groups is 1. The number of benzene rings is 2. The number of rotatable bonds is 6. The minimum atomic E-state index is -0.225. The summed E-state index contributed by atoms with van der Waals surface area (Å²) in [4.78, 5) is 16.7. The highest BCUT2D eigenvalue weighted by molar-refractivity contribution is 6.30. The molecule has 0 radical (unpaired) electrons. The molecule has 26 heavy (non-hydrogen) atoms. The van der Waals surface area contributed by atoms with Gasteiger partial charge in [0.1, 0.15) is 5.75 Å². The Bertz CT molecular complexity index is 893. The summed E-state index contributed by atoms with van der Waals surface area (Å²) in [5.74, 6) is 1.21. The van der Waals surface area contributed by atoms with Crippen LogP contribution < -0.4 is 10.1 Å². The summed E-state index contributed by atoms with van der Waals surface area (Å²) in [7, 11) is 1.62. The van der Waals surface area contributed by atoms with Gasteiger partial charge >= 0.3 is 0 Å². The Morgan fingerprint density at radius 1 is 1.27 bits per heavy atom. The van der Waals surface area contributed by atoms with Gasteiger partial charge in [-0.05, 0) is 36.2 Å². The fraction of sp³-hybridized carbons (Fsp3) is 0.211. The molecule has 2 aromatic carbocycles. The van der Waals surface area contributed by atoms with Gasteiger partial charge in [0.05, 0.1) is 7.11 Å². The predicted molar refractivity (Wildman–Crippen MR) is 101 cm³/mol. The van der Waals surface area contributed by atoms with Gasteiger partial charge in [-0.1, -0.05) is 42.8 Å². The van der Waals surface area contributed by atoms with Crippen LogP contribution in [0, 0.1) is 5.92 Å². The van der Waals surface area contributed by atoms with Crippen LogP contribution in [0.5, 0.6) is 5.75 Å². The topological polar surface area (TPSA) is 79.9 Å². The number of hydrogen-bond acceptors (Lipinski definition) is 4. The standard InChI is InChI=1S/C19H19ClN4O2/c1-12(10-13-6-8-16(26-2)9-7-13)18(25)22-19-21-17(23-24-19)14-4-3-5-15(20)11-14/h3-9,11-12H,10H2,1-2H3,(H2,21,22,23,24,25). The molecule has 0 aliphatic heterocycles. The Kier molecular flexibility index (Phi) is 5.53. The highest BCUT2D eigenvalue weighted by Crippen LogP contribution is 2.20. The average Bonchev–Trinajstić information content (AvgIpc) is 3.11. The predicted octanol–water partition coefficient (Wildman–Crippen LogP) is 3.95. The van der Waals surface area contributed by atoms with Gasteiger partial charge in [0, 0.05) is 16.5 Å². The maximum absolute atomic E-state index is 12.4. The molecule has 2 N–H and O–H groups in total. The lowest BCUT2D eigenvalue weighted by Crippen LogP contribution is -2.22. The van der Waals surface area contributed by atoms with Gasteiger partial charge in [-0.25, -0.2) is 0 Å². The van der Waals surface area contributed by atoms with Crippen molar-refractivity contribution >= 4 is 23.5 Å². The van der Waals surface area contributed by atoms with E-state index in [1.165, 1.54) is 0 Å². The number of methoxy groups -OCH3 is 1. The van der Waals surface area contributed by atoms with Gasteiger partial charge in [0.15, 0.2) is 5.82 Å². The lowest BCUT2D eigenvalue weighted by molar-refractivity contribution is -0.119. The highest BCUT2D eigenvalue weighted by Gasteiger charge is 2.16. The second kappa shape index (κ2) is 8.01. The summed E-state index contributed by atoms with van der Waals surface area (Å²) in [5, 5.41) is 10.2. The number of ether oxygens (including phenoxy) is 1. The first-order chi connectivity index (χ1) is 12.5. The largest absolute Gasteiger partial charge is 0.497 e. The Labute approximate surface area is 156 Å². The molecule has 3 rings (SSSR count). The molecule has 1 amide bonds. The van der Waals surface area contributed by atoms with Crippen molar-refractivity contribution in [2.75, 3.05) is 12.4 Å². The number of aromatic amines is 1. The van der Waals surface area contributed by atoms with Gasteiger partial charge < -0.3 is 4.74 Å². The third-order valence-corrected chi connectivity index (χ3v) is 4.20.